The standard InChI is InChI=1S/C17H22F3NO5S/c1-10(4-11(2)16(22)23)12-5-13(17(18,19)20)7-15(6-12)27(24,25)21(3)8-14-9-26-14/h5-7,10-11,14H,4,8-9H2,1-3H3,(H,22,23). The predicted octanol–water partition coefficient (Wildman–Crippen LogP) is 2.94. The highest BCUT2D eigenvalue weighted by molar-refractivity contribution is 7.89. The first-order valence-corrected chi connectivity index (χ1v) is 9.79. The van der Waals surface area contributed by atoms with Crippen LogP contribution in [0.1, 0.15) is 37.3 Å². The summed E-state index contributed by atoms with van der Waals surface area (Å²) in [7, 11) is -2.86. The lowest BCUT2D eigenvalue weighted by atomic mass is 9.90. The van der Waals surface area contributed by atoms with Crippen LogP contribution in [0.2, 0.25) is 0 Å². The second-order valence-electron chi connectivity index (χ2n) is 6.91. The van der Waals surface area contributed by atoms with Crippen LogP contribution in [-0.4, -0.2) is 50.1 Å². The third-order valence-electron chi connectivity index (χ3n) is 4.53. The monoisotopic (exact) mass is 409 g/mol. The summed E-state index contributed by atoms with van der Waals surface area (Å²) < 4.78 is 71.2. The molecule has 0 saturated carbocycles. The highest BCUT2D eigenvalue weighted by Gasteiger charge is 2.35. The number of alkyl halides is 3. The molecule has 1 aliphatic heterocycles. The fourth-order valence-corrected chi connectivity index (χ4v) is 4.01. The van der Waals surface area contributed by atoms with Crippen molar-refractivity contribution in [3.63, 3.8) is 0 Å². The van der Waals surface area contributed by atoms with Crippen molar-refractivity contribution in [3.05, 3.63) is 29.3 Å². The second-order valence-corrected chi connectivity index (χ2v) is 8.95. The van der Waals surface area contributed by atoms with Crippen molar-refractivity contribution in [2.45, 2.75) is 43.4 Å². The second kappa shape index (κ2) is 7.76. The molecule has 1 saturated heterocycles. The van der Waals surface area contributed by atoms with Gasteiger partial charge in [0.05, 0.1) is 29.1 Å². The molecule has 1 N–H and O–H groups in total. The predicted molar refractivity (Wildman–Crippen MR) is 90.8 cm³/mol. The summed E-state index contributed by atoms with van der Waals surface area (Å²) in [5, 5.41) is 9.01. The normalized spacial score (nSPS) is 19.7. The van der Waals surface area contributed by atoms with E-state index in [-0.39, 0.29) is 24.6 Å². The van der Waals surface area contributed by atoms with E-state index in [1.54, 1.807) is 6.92 Å². The molecule has 3 unspecified atom stereocenters. The molecule has 27 heavy (non-hydrogen) atoms. The van der Waals surface area contributed by atoms with Gasteiger partial charge in [-0.25, -0.2) is 8.42 Å². The van der Waals surface area contributed by atoms with Crippen LogP contribution in [-0.2, 0) is 25.7 Å². The van der Waals surface area contributed by atoms with E-state index in [0.717, 1.165) is 10.4 Å². The zero-order chi connectivity index (χ0) is 20.6. The molecule has 1 fully saturated rings. The van der Waals surface area contributed by atoms with Gasteiger partial charge in [-0.15, -0.1) is 0 Å². The number of epoxide rings is 1. The number of ether oxygens (including phenoxy) is 1. The Morgan fingerprint density at radius 3 is 2.41 bits per heavy atom. The number of hydrogen-bond acceptors (Lipinski definition) is 4. The molecule has 0 spiro atoms. The quantitative estimate of drug-likeness (QED) is 0.667. The van der Waals surface area contributed by atoms with Gasteiger partial charge < -0.3 is 9.84 Å². The smallest absolute Gasteiger partial charge is 0.416 e. The Balaban J connectivity index is 2.43. The molecule has 6 nitrogen and oxygen atoms in total. The summed E-state index contributed by atoms with van der Waals surface area (Å²) in [5.41, 5.74) is -0.947. The maximum atomic E-state index is 13.3. The van der Waals surface area contributed by atoms with Crippen molar-refractivity contribution in [1.29, 1.82) is 0 Å². The van der Waals surface area contributed by atoms with Gasteiger partial charge in [0.25, 0.3) is 0 Å². The summed E-state index contributed by atoms with van der Waals surface area (Å²) in [4.78, 5) is 10.6. The van der Waals surface area contributed by atoms with Gasteiger partial charge in [0, 0.05) is 13.6 Å². The summed E-state index contributed by atoms with van der Waals surface area (Å²) >= 11 is 0. The largest absolute Gasteiger partial charge is 0.481 e. The average molecular weight is 409 g/mol. The molecule has 0 aromatic heterocycles. The van der Waals surface area contributed by atoms with Crippen molar-refractivity contribution in [2.75, 3.05) is 20.2 Å². The highest BCUT2D eigenvalue weighted by atomic mass is 32.2. The van der Waals surface area contributed by atoms with E-state index >= 15 is 0 Å². The van der Waals surface area contributed by atoms with E-state index < -0.39 is 44.5 Å². The lowest BCUT2D eigenvalue weighted by molar-refractivity contribution is -0.141. The number of likely N-dealkylation sites (N-methyl/N-ethyl adjacent to an activating group) is 1. The van der Waals surface area contributed by atoms with Crippen molar-refractivity contribution in [1.82, 2.24) is 4.31 Å². The van der Waals surface area contributed by atoms with Gasteiger partial charge in [-0.05, 0) is 36.1 Å². The summed E-state index contributed by atoms with van der Waals surface area (Å²) in [6.45, 7) is 3.50. The molecule has 1 aromatic carbocycles. The van der Waals surface area contributed by atoms with Crippen LogP contribution in [0, 0.1) is 5.92 Å². The molecule has 2 rings (SSSR count). The van der Waals surface area contributed by atoms with Crippen LogP contribution in [0.4, 0.5) is 13.2 Å². The Bertz CT molecular complexity index is 805. The zero-order valence-electron chi connectivity index (χ0n) is 15.2. The van der Waals surface area contributed by atoms with E-state index in [4.69, 9.17) is 9.84 Å². The SMILES string of the molecule is CC(CC(C)c1cc(C(F)(F)F)cc(S(=O)(=O)N(C)CC2CO2)c1)C(=O)O. The third kappa shape index (κ3) is 5.43. The van der Waals surface area contributed by atoms with Gasteiger partial charge in [-0.3, -0.25) is 4.79 Å². The maximum Gasteiger partial charge on any atom is 0.416 e. The molecule has 3 atom stereocenters. The van der Waals surface area contributed by atoms with Crippen LogP contribution in [0.15, 0.2) is 23.1 Å². The number of sulfonamides is 1. The minimum absolute atomic E-state index is 0.0551. The molecule has 10 heteroatoms. The molecule has 0 bridgehead atoms. The lowest BCUT2D eigenvalue weighted by Gasteiger charge is -2.21. The number of hydrogen-bond donors (Lipinski definition) is 1. The number of aliphatic carboxylic acids is 1. The van der Waals surface area contributed by atoms with Crippen LogP contribution in [0.3, 0.4) is 0 Å². The van der Waals surface area contributed by atoms with Crippen LogP contribution < -0.4 is 0 Å². The number of carboxylic acids is 1. The summed E-state index contributed by atoms with van der Waals surface area (Å²) in [5.74, 6) is -2.40. The molecule has 0 amide bonds. The van der Waals surface area contributed by atoms with Crippen LogP contribution >= 0.6 is 0 Å². The first kappa shape index (κ1) is 21.6. The van der Waals surface area contributed by atoms with Crippen molar-refractivity contribution in [3.8, 4) is 0 Å². The topological polar surface area (TPSA) is 87.2 Å². The van der Waals surface area contributed by atoms with E-state index in [9.17, 15) is 26.4 Å². The molecule has 0 radical (unpaired) electrons. The Morgan fingerprint density at radius 2 is 1.93 bits per heavy atom. The van der Waals surface area contributed by atoms with E-state index in [2.05, 4.69) is 0 Å². The molecular formula is C17H22F3NO5S. The fourth-order valence-electron chi connectivity index (χ4n) is 2.72. The van der Waals surface area contributed by atoms with Crippen LogP contribution in [0.5, 0.6) is 0 Å². The Morgan fingerprint density at radius 1 is 1.33 bits per heavy atom. The molecular weight excluding hydrogens is 387 g/mol. The summed E-state index contributed by atoms with van der Waals surface area (Å²) in [6, 6.07) is 2.67. The van der Waals surface area contributed by atoms with Gasteiger partial charge >= 0.3 is 12.1 Å². The lowest BCUT2D eigenvalue weighted by Crippen LogP contribution is -2.31. The van der Waals surface area contributed by atoms with Crippen molar-refractivity contribution < 1.29 is 36.2 Å². The van der Waals surface area contributed by atoms with Gasteiger partial charge in [0.15, 0.2) is 0 Å². The maximum absolute atomic E-state index is 13.3. The first-order chi connectivity index (χ1) is 12.3. The molecule has 152 valence electrons. The van der Waals surface area contributed by atoms with E-state index in [0.29, 0.717) is 12.7 Å². The Hall–Kier alpha value is -1.65. The minimum atomic E-state index is -4.73. The highest BCUT2D eigenvalue weighted by Crippen LogP contribution is 2.35. The number of benzene rings is 1. The van der Waals surface area contributed by atoms with Gasteiger partial charge in [0.2, 0.25) is 10.0 Å². The van der Waals surface area contributed by atoms with Gasteiger partial charge in [-0.2, -0.15) is 17.5 Å². The van der Waals surface area contributed by atoms with Crippen molar-refractivity contribution in [2.24, 2.45) is 5.92 Å². The number of rotatable bonds is 8. The molecule has 1 aromatic rings. The third-order valence-corrected chi connectivity index (χ3v) is 6.33. The summed E-state index contributed by atoms with van der Waals surface area (Å²) in [6.07, 6.45) is -4.89. The minimum Gasteiger partial charge on any atom is -0.481 e. The zero-order valence-corrected chi connectivity index (χ0v) is 16.0. The fraction of sp³-hybridized carbons (Fsp3) is 0.588. The van der Waals surface area contributed by atoms with Crippen LogP contribution in [0.25, 0.3) is 0 Å². The number of halogens is 3. The molecule has 0 aliphatic carbocycles. The van der Waals surface area contributed by atoms with Gasteiger partial charge in [0.1, 0.15) is 0 Å². The average Bonchev–Trinajstić information content (AvgIpc) is 3.37. The number of carboxylic acid groups (broad SMARTS) is 1. The number of nitrogens with zero attached hydrogens (tertiary/aromatic N) is 1. The van der Waals surface area contributed by atoms with Crippen molar-refractivity contribution >= 4 is 16.0 Å². The molecule has 1 heterocycles. The Kier molecular flexibility index (Phi) is 6.23. The van der Waals surface area contributed by atoms with E-state index in [1.165, 1.54) is 20.0 Å². The number of carbonyl (C=O) groups is 1. The Labute approximate surface area is 156 Å². The van der Waals surface area contributed by atoms with Gasteiger partial charge in [-0.1, -0.05) is 13.8 Å². The van der Waals surface area contributed by atoms with E-state index in [1.807, 2.05) is 0 Å². The molecule has 1 aliphatic rings. The first-order valence-electron chi connectivity index (χ1n) is 8.35.